The third-order valence-electron chi connectivity index (χ3n) is 3.04. The number of rotatable bonds is 6. The molecule has 0 heterocycles. The first-order chi connectivity index (χ1) is 8.03. The predicted molar refractivity (Wildman–Crippen MR) is 74.7 cm³/mol. The number of hydrogen-bond donors (Lipinski definition) is 2. The number of anilines is 1. The minimum Gasteiger partial charge on any atom is -0.497 e. The zero-order chi connectivity index (χ0) is 12.9. The molecule has 1 rings (SSSR count). The summed E-state index contributed by atoms with van der Waals surface area (Å²) in [7, 11) is 1.64. The zero-order valence-corrected chi connectivity index (χ0v) is 12.2. The highest BCUT2D eigenvalue weighted by molar-refractivity contribution is 9.10. The molecule has 17 heavy (non-hydrogen) atoms. The van der Waals surface area contributed by atoms with Crippen molar-refractivity contribution in [2.75, 3.05) is 19.0 Å². The van der Waals surface area contributed by atoms with Gasteiger partial charge in [0.1, 0.15) is 5.75 Å². The molecule has 0 saturated carbocycles. The van der Waals surface area contributed by atoms with Crippen LogP contribution in [0.15, 0.2) is 22.7 Å². The van der Waals surface area contributed by atoms with Gasteiger partial charge >= 0.3 is 0 Å². The van der Waals surface area contributed by atoms with E-state index in [2.05, 4.69) is 21.2 Å². The standard InChI is InChI=1S/C13H20BrNO2/c1-4-13(16,5-2)9-15-11-6-10(14)7-12(8-11)17-3/h6-8,15-16H,4-5,9H2,1-3H3. The molecule has 0 spiro atoms. The summed E-state index contributed by atoms with van der Waals surface area (Å²) in [6.07, 6.45) is 1.48. The maximum Gasteiger partial charge on any atom is 0.122 e. The Kier molecular flexibility index (Phi) is 5.28. The molecule has 0 aliphatic carbocycles. The fourth-order valence-corrected chi connectivity index (χ4v) is 2.02. The highest BCUT2D eigenvalue weighted by Crippen LogP contribution is 2.25. The normalized spacial score (nSPS) is 11.4. The summed E-state index contributed by atoms with van der Waals surface area (Å²) in [5.74, 6) is 0.790. The van der Waals surface area contributed by atoms with E-state index in [4.69, 9.17) is 4.74 Å². The van der Waals surface area contributed by atoms with Crippen LogP contribution in [0.2, 0.25) is 0 Å². The first kappa shape index (κ1) is 14.3. The lowest BCUT2D eigenvalue weighted by Gasteiger charge is -2.26. The van der Waals surface area contributed by atoms with Gasteiger partial charge in [-0.2, -0.15) is 0 Å². The van der Waals surface area contributed by atoms with E-state index in [9.17, 15) is 5.11 Å². The van der Waals surface area contributed by atoms with Crippen LogP contribution in [0.4, 0.5) is 5.69 Å². The number of ether oxygens (including phenoxy) is 1. The first-order valence-corrected chi connectivity index (χ1v) is 6.63. The third-order valence-corrected chi connectivity index (χ3v) is 3.50. The third kappa shape index (κ3) is 4.21. The highest BCUT2D eigenvalue weighted by Gasteiger charge is 2.21. The molecule has 0 fully saturated rings. The van der Waals surface area contributed by atoms with Gasteiger partial charge in [-0.05, 0) is 25.0 Å². The summed E-state index contributed by atoms with van der Waals surface area (Å²) in [5, 5.41) is 13.4. The number of methoxy groups -OCH3 is 1. The van der Waals surface area contributed by atoms with Crippen LogP contribution in [0.3, 0.4) is 0 Å². The van der Waals surface area contributed by atoms with Crippen LogP contribution >= 0.6 is 15.9 Å². The molecule has 0 atom stereocenters. The van der Waals surface area contributed by atoms with Gasteiger partial charge in [-0.3, -0.25) is 0 Å². The molecule has 0 aliphatic heterocycles. The van der Waals surface area contributed by atoms with Crippen molar-refractivity contribution in [3.63, 3.8) is 0 Å². The SMILES string of the molecule is CCC(O)(CC)CNc1cc(Br)cc(OC)c1. The van der Waals surface area contributed by atoms with Crippen molar-refractivity contribution in [1.29, 1.82) is 0 Å². The van der Waals surface area contributed by atoms with E-state index in [-0.39, 0.29) is 0 Å². The molecule has 0 aliphatic rings. The largest absolute Gasteiger partial charge is 0.497 e. The summed E-state index contributed by atoms with van der Waals surface area (Å²) in [4.78, 5) is 0. The van der Waals surface area contributed by atoms with Crippen molar-refractivity contribution in [3.05, 3.63) is 22.7 Å². The van der Waals surface area contributed by atoms with E-state index in [1.54, 1.807) is 7.11 Å². The van der Waals surface area contributed by atoms with Crippen molar-refractivity contribution >= 4 is 21.6 Å². The summed E-state index contributed by atoms with van der Waals surface area (Å²) in [6.45, 7) is 4.53. The molecule has 0 aromatic heterocycles. The van der Waals surface area contributed by atoms with Crippen LogP contribution in [0.5, 0.6) is 5.75 Å². The predicted octanol–water partition coefficient (Wildman–Crippen LogP) is 3.42. The second-order valence-electron chi connectivity index (χ2n) is 4.16. The van der Waals surface area contributed by atoms with E-state index in [0.29, 0.717) is 6.54 Å². The van der Waals surface area contributed by atoms with E-state index < -0.39 is 5.60 Å². The molecule has 96 valence electrons. The van der Waals surface area contributed by atoms with Crippen molar-refractivity contribution < 1.29 is 9.84 Å². The fraction of sp³-hybridized carbons (Fsp3) is 0.538. The summed E-state index contributed by atoms with van der Waals surface area (Å²) in [5.41, 5.74) is 0.298. The molecular formula is C13H20BrNO2. The van der Waals surface area contributed by atoms with Crippen molar-refractivity contribution in [3.8, 4) is 5.75 Å². The van der Waals surface area contributed by atoms with Crippen molar-refractivity contribution in [2.24, 2.45) is 0 Å². The molecule has 0 unspecified atom stereocenters. The van der Waals surface area contributed by atoms with Gasteiger partial charge in [0, 0.05) is 22.8 Å². The van der Waals surface area contributed by atoms with Gasteiger partial charge in [0.2, 0.25) is 0 Å². The lowest BCUT2D eigenvalue weighted by molar-refractivity contribution is 0.0457. The van der Waals surface area contributed by atoms with E-state index in [1.807, 2.05) is 32.0 Å². The van der Waals surface area contributed by atoms with Crippen LogP contribution < -0.4 is 10.1 Å². The Hall–Kier alpha value is -0.740. The first-order valence-electron chi connectivity index (χ1n) is 5.84. The van der Waals surface area contributed by atoms with Crippen LogP contribution in [0.1, 0.15) is 26.7 Å². The Morgan fingerprint density at radius 1 is 1.29 bits per heavy atom. The van der Waals surface area contributed by atoms with Crippen LogP contribution in [-0.4, -0.2) is 24.4 Å². The van der Waals surface area contributed by atoms with Gasteiger partial charge in [-0.1, -0.05) is 29.8 Å². The fourth-order valence-electron chi connectivity index (χ4n) is 1.55. The molecule has 0 radical (unpaired) electrons. The Balaban J connectivity index is 2.72. The second kappa shape index (κ2) is 6.26. The zero-order valence-electron chi connectivity index (χ0n) is 10.6. The van der Waals surface area contributed by atoms with Gasteiger partial charge in [-0.15, -0.1) is 0 Å². The molecule has 4 heteroatoms. The van der Waals surface area contributed by atoms with Crippen LogP contribution in [0.25, 0.3) is 0 Å². The smallest absolute Gasteiger partial charge is 0.122 e. The minimum absolute atomic E-state index is 0.541. The summed E-state index contributed by atoms with van der Waals surface area (Å²) < 4.78 is 6.14. The van der Waals surface area contributed by atoms with Gasteiger partial charge in [0.25, 0.3) is 0 Å². The van der Waals surface area contributed by atoms with Gasteiger partial charge < -0.3 is 15.2 Å². The Bertz CT molecular complexity index is 364. The van der Waals surface area contributed by atoms with Crippen molar-refractivity contribution in [1.82, 2.24) is 0 Å². The summed E-state index contributed by atoms with van der Waals surface area (Å²) >= 11 is 3.43. The maximum atomic E-state index is 10.2. The molecule has 0 amide bonds. The quantitative estimate of drug-likeness (QED) is 0.846. The lowest BCUT2D eigenvalue weighted by atomic mass is 9.97. The molecule has 2 N–H and O–H groups in total. The molecule has 0 saturated heterocycles. The Labute approximate surface area is 111 Å². The maximum absolute atomic E-state index is 10.2. The average Bonchev–Trinajstić information content (AvgIpc) is 2.35. The van der Waals surface area contributed by atoms with E-state index in [0.717, 1.165) is 28.8 Å². The summed E-state index contributed by atoms with van der Waals surface area (Å²) in [6, 6.07) is 5.78. The van der Waals surface area contributed by atoms with Gasteiger partial charge in [0.15, 0.2) is 0 Å². The van der Waals surface area contributed by atoms with Crippen LogP contribution in [-0.2, 0) is 0 Å². The Morgan fingerprint density at radius 3 is 2.47 bits per heavy atom. The van der Waals surface area contributed by atoms with Crippen LogP contribution in [0, 0.1) is 0 Å². The molecule has 0 bridgehead atoms. The molecular weight excluding hydrogens is 282 g/mol. The number of benzene rings is 1. The topological polar surface area (TPSA) is 41.5 Å². The minimum atomic E-state index is -0.643. The number of aliphatic hydroxyl groups is 1. The highest BCUT2D eigenvalue weighted by atomic mass is 79.9. The monoisotopic (exact) mass is 301 g/mol. The molecule has 3 nitrogen and oxygen atoms in total. The number of halogens is 1. The van der Waals surface area contributed by atoms with Gasteiger partial charge in [0.05, 0.1) is 12.7 Å². The van der Waals surface area contributed by atoms with E-state index >= 15 is 0 Å². The van der Waals surface area contributed by atoms with Crippen molar-refractivity contribution in [2.45, 2.75) is 32.3 Å². The van der Waals surface area contributed by atoms with E-state index in [1.165, 1.54) is 0 Å². The molecule has 1 aromatic carbocycles. The van der Waals surface area contributed by atoms with Gasteiger partial charge in [-0.25, -0.2) is 0 Å². The lowest BCUT2D eigenvalue weighted by Crippen LogP contribution is -2.35. The number of hydrogen-bond acceptors (Lipinski definition) is 3. The Morgan fingerprint density at radius 2 is 1.94 bits per heavy atom. The number of nitrogens with one attached hydrogen (secondary N) is 1. The second-order valence-corrected chi connectivity index (χ2v) is 5.08. The average molecular weight is 302 g/mol. The molecule has 1 aromatic rings.